The van der Waals surface area contributed by atoms with E-state index >= 15 is 0 Å². The minimum atomic E-state index is -0.478. The first-order valence-corrected chi connectivity index (χ1v) is 8.27. The Morgan fingerprint density at radius 3 is 2.50 bits per heavy atom. The summed E-state index contributed by atoms with van der Waals surface area (Å²) in [5.41, 5.74) is 1.87. The van der Waals surface area contributed by atoms with E-state index in [-0.39, 0.29) is 0 Å². The van der Waals surface area contributed by atoms with Crippen molar-refractivity contribution in [1.82, 2.24) is 4.98 Å². The molecule has 0 fully saturated rings. The predicted octanol–water partition coefficient (Wildman–Crippen LogP) is 5.35. The molecule has 5 rings (SSSR count). The lowest BCUT2D eigenvalue weighted by molar-refractivity contribution is 0.0731. The predicted molar refractivity (Wildman–Crippen MR) is 100 cm³/mol. The summed E-state index contributed by atoms with van der Waals surface area (Å²) in [7, 11) is 0. The second-order valence-electron chi connectivity index (χ2n) is 6.03. The summed E-state index contributed by atoms with van der Waals surface area (Å²) in [5, 5.41) is 3.63. The number of para-hydroxylation sites is 1. The highest BCUT2D eigenvalue weighted by molar-refractivity contribution is 6.06. The first-order chi connectivity index (χ1) is 12.8. The van der Waals surface area contributed by atoms with Crippen LogP contribution in [0.3, 0.4) is 0 Å². The van der Waals surface area contributed by atoms with Gasteiger partial charge in [-0.05, 0) is 35.7 Å². The van der Waals surface area contributed by atoms with Crippen LogP contribution in [0.4, 0.5) is 0 Å². The van der Waals surface area contributed by atoms with Crippen molar-refractivity contribution in [3.8, 4) is 5.75 Å². The second-order valence-corrected chi connectivity index (χ2v) is 6.03. The summed E-state index contributed by atoms with van der Waals surface area (Å²) in [6, 6.07) is 22.6. The average molecular weight is 339 g/mol. The van der Waals surface area contributed by atoms with Crippen molar-refractivity contribution in [2.75, 3.05) is 0 Å². The number of hydrogen-bond donors (Lipinski definition) is 0. The molecular formula is C22H13NO3. The lowest BCUT2D eigenvalue weighted by atomic mass is 10.1. The van der Waals surface area contributed by atoms with Gasteiger partial charge in [0.15, 0.2) is 5.69 Å². The third-order valence-corrected chi connectivity index (χ3v) is 4.43. The molecule has 4 nitrogen and oxygen atoms in total. The highest BCUT2D eigenvalue weighted by atomic mass is 16.5. The van der Waals surface area contributed by atoms with E-state index in [9.17, 15) is 4.79 Å². The SMILES string of the molecule is O=C(Oc1ccc2oc3ccccc3c2c1)c1nccc2ccccc12. The molecule has 0 spiro atoms. The number of carbonyl (C=O) groups excluding carboxylic acids is 1. The molecule has 0 amide bonds. The Morgan fingerprint density at radius 1 is 0.808 bits per heavy atom. The maximum absolute atomic E-state index is 12.7. The van der Waals surface area contributed by atoms with Crippen LogP contribution in [-0.2, 0) is 0 Å². The van der Waals surface area contributed by atoms with E-state index in [0.717, 1.165) is 32.7 Å². The largest absolute Gasteiger partial charge is 0.456 e. The van der Waals surface area contributed by atoms with E-state index in [4.69, 9.17) is 9.15 Å². The lowest BCUT2D eigenvalue weighted by Gasteiger charge is -2.06. The third kappa shape index (κ3) is 2.31. The molecule has 4 heteroatoms. The zero-order valence-electron chi connectivity index (χ0n) is 13.7. The van der Waals surface area contributed by atoms with Crippen molar-refractivity contribution in [2.45, 2.75) is 0 Å². The fraction of sp³-hybridized carbons (Fsp3) is 0. The molecule has 0 aliphatic rings. The second kappa shape index (κ2) is 5.70. The van der Waals surface area contributed by atoms with Crippen molar-refractivity contribution in [3.63, 3.8) is 0 Å². The van der Waals surface area contributed by atoms with Crippen LogP contribution in [0.25, 0.3) is 32.7 Å². The minimum absolute atomic E-state index is 0.306. The molecule has 0 saturated carbocycles. The van der Waals surface area contributed by atoms with E-state index < -0.39 is 5.97 Å². The number of pyridine rings is 1. The number of carbonyl (C=O) groups is 1. The van der Waals surface area contributed by atoms with E-state index in [1.165, 1.54) is 0 Å². The molecule has 0 atom stereocenters. The number of benzene rings is 3. The van der Waals surface area contributed by atoms with Crippen LogP contribution in [0.15, 0.2) is 83.4 Å². The highest BCUT2D eigenvalue weighted by Gasteiger charge is 2.15. The molecule has 26 heavy (non-hydrogen) atoms. The third-order valence-electron chi connectivity index (χ3n) is 4.43. The quantitative estimate of drug-likeness (QED) is 0.321. The van der Waals surface area contributed by atoms with Gasteiger partial charge in [-0.2, -0.15) is 0 Å². The molecule has 2 heterocycles. The Labute approximate surface area is 148 Å². The first-order valence-electron chi connectivity index (χ1n) is 8.27. The molecule has 0 aliphatic carbocycles. The minimum Gasteiger partial charge on any atom is -0.456 e. The van der Waals surface area contributed by atoms with Gasteiger partial charge in [0.1, 0.15) is 16.9 Å². The Bertz CT molecular complexity index is 1280. The van der Waals surface area contributed by atoms with Crippen molar-refractivity contribution in [1.29, 1.82) is 0 Å². The molecular weight excluding hydrogens is 326 g/mol. The molecule has 0 N–H and O–H groups in total. The number of ether oxygens (including phenoxy) is 1. The van der Waals surface area contributed by atoms with Crippen molar-refractivity contribution < 1.29 is 13.9 Å². The van der Waals surface area contributed by atoms with Crippen LogP contribution in [0.1, 0.15) is 10.5 Å². The normalized spacial score (nSPS) is 11.2. The number of furan rings is 1. The van der Waals surface area contributed by atoms with Crippen LogP contribution in [-0.4, -0.2) is 11.0 Å². The van der Waals surface area contributed by atoms with Crippen LogP contribution in [0, 0.1) is 0 Å². The van der Waals surface area contributed by atoms with E-state index in [2.05, 4.69) is 4.98 Å². The molecule has 0 bridgehead atoms. The summed E-state index contributed by atoms with van der Waals surface area (Å²) in [5.74, 6) is -0.0160. The van der Waals surface area contributed by atoms with Gasteiger partial charge in [-0.3, -0.25) is 0 Å². The summed E-state index contributed by atoms with van der Waals surface area (Å²) in [6.07, 6.45) is 1.62. The average Bonchev–Trinajstić information content (AvgIpc) is 3.05. The van der Waals surface area contributed by atoms with Gasteiger partial charge in [-0.25, -0.2) is 9.78 Å². The van der Waals surface area contributed by atoms with Gasteiger partial charge in [0.05, 0.1) is 0 Å². The number of fused-ring (bicyclic) bond motifs is 4. The van der Waals surface area contributed by atoms with E-state index in [1.807, 2.05) is 66.7 Å². The standard InChI is InChI=1S/C22H13NO3/c24-22(21-16-6-2-1-5-14(16)11-12-23-21)25-15-9-10-20-18(13-15)17-7-3-4-8-19(17)26-20/h1-13H. The number of rotatable bonds is 2. The molecule has 0 aliphatic heterocycles. The summed E-state index contributed by atoms with van der Waals surface area (Å²) in [6.45, 7) is 0. The fourth-order valence-electron chi connectivity index (χ4n) is 3.21. The lowest BCUT2D eigenvalue weighted by Crippen LogP contribution is -2.11. The molecule has 124 valence electrons. The van der Waals surface area contributed by atoms with Crippen LogP contribution in [0.5, 0.6) is 5.75 Å². The Balaban J connectivity index is 1.56. The number of aromatic nitrogens is 1. The zero-order valence-corrected chi connectivity index (χ0v) is 13.7. The molecule has 0 unspecified atom stereocenters. The number of nitrogens with zero attached hydrogens (tertiary/aromatic N) is 1. The monoisotopic (exact) mass is 339 g/mol. The molecule has 2 aromatic heterocycles. The van der Waals surface area contributed by atoms with Gasteiger partial charge in [-0.15, -0.1) is 0 Å². The van der Waals surface area contributed by atoms with Crippen LogP contribution < -0.4 is 4.74 Å². The summed E-state index contributed by atoms with van der Waals surface area (Å²) in [4.78, 5) is 16.9. The topological polar surface area (TPSA) is 52.3 Å². The molecule has 0 saturated heterocycles. The van der Waals surface area contributed by atoms with Gasteiger partial charge >= 0.3 is 5.97 Å². The van der Waals surface area contributed by atoms with Gasteiger partial charge in [0, 0.05) is 22.4 Å². The van der Waals surface area contributed by atoms with Crippen molar-refractivity contribution >= 4 is 38.7 Å². The fourth-order valence-corrected chi connectivity index (χ4v) is 3.21. The molecule has 5 aromatic rings. The van der Waals surface area contributed by atoms with Gasteiger partial charge in [-0.1, -0.05) is 42.5 Å². The van der Waals surface area contributed by atoms with Gasteiger partial charge < -0.3 is 9.15 Å². The van der Waals surface area contributed by atoms with Crippen molar-refractivity contribution in [3.05, 3.63) is 84.7 Å². The first kappa shape index (κ1) is 14.7. The highest BCUT2D eigenvalue weighted by Crippen LogP contribution is 2.31. The maximum Gasteiger partial charge on any atom is 0.362 e. The Morgan fingerprint density at radius 2 is 1.58 bits per heavy atom. The van der Waals surface area contributed by atoms with Crippen molar-refractivity contribution in [2.24, 2.45) is 0 Å². The van der Waals surface area contributed by atoms with E-state index in [1.54, 1.807) is 12.3 Å². The smallest absolute Gasteiger partial charge is 0.362 e. The summed E-state index contributed by atoms with van der Waals surface area (Å²) >= 11 is 0. The zero-order chi connectivity index (χ0) is 17.5. The Hall–Kier alpha value is -3.66. The van der Waals surface area contributed by atoms with Gasteiger partial charge in [0.25, 0.3) is 0 Å². The maximum atomic E-state index is 12.7. The van der Waals surface area contributed by atoms with Crippen LogP contribution >= 0.6 is 0 Å². The Kier molecular flexibility index (Phi) is 3.22. The summed E-state index contributed by atoms with van der Waals surface area (Å²) < 4.78 is 11.4. The number of esters is 1. The van der Waals surface area contributed by atoms with Crippen LogP contribution in [0.2, 0.25) is 0 Å². The molecule has 0 radical (unpaired) electrons. The molecule has 3 aromatic carbocycles. The van der Waals surface area contributed by atoms with E-state index in [0.29, 0.717) is 11.4 Å². The van der Waals surface area contributed by atoms with Gasteiger partial charge in [0.2, 0.25) is 0 Å². The number of hydrogen-bond acceptors (Lipinski definition) is 4.